The molecule has 0 atom stereocenters. The predicted molar refractivity (Wildman–Crippen MR) is 129 cm³/mol. The lowest BCUT2D eigenvalue weighted by atomic mass is 9.92. The van der Waals surface area contributed by atoms with Gasteiger partial charge in [-0.2, -0.15) is 26.3 Å². The standard InChI is InChI=1S/C24H17ClF7N5O3/c1-12-10-14(22(26,23(27,28)29)24(30,31)32)7-8-17(12)35-21(40)34-15-5-2-4-13(11-15)19(38)36-37-20(39)16-6-3-9-33-18(16)25/h2-11H,1H3,(H,36,38)(H,37,39)(H2,34,35,40). The van der Waals surface area contributed by atoms with E-state index in [1.54, 1.807) is 0 Å². The van der Waals surface area contributed by atoms with Crippen molar-refractivity contribution in [3.05, 3.63) is 88.2 Å². The number of hydrogen-bond donors (Lipinski definition) is 4. The highest BCUT2D eigenvalue weighted by Gasteiger charge is 2.73. The highest BCUT2D eigenvalue weighted by molar-refractivity contribution is 6.32. The smallest absolute Gasteiger partial charge is 0.308 e. The second kappa shape index (κ2) is 11.4. The van der Waals surface area contributed by atoms with Crippen LogP contribution >= 0.6 is 11.6 Å². The number of alkyl halides is 7. The molecule has 0 aliphatic carbocycles. The van der Waals surface area contributed by atoms with Crippen LogP contribution in [-0.2, 0) is 5.67 Å². The predicted octanol–water partition coefficient (Wildman–Crippen LogP) is 6.05. The number of hydrazine groups is 1. The molecule has 0 saturated heterocycles. The summed E-state index contributed by atoms with van der Waals surface area (Å²) in [5.74, 6) is -1.54. The number of nitrogens with one attached hydrogen (secondary N) is 4. The number of urea groups is 1. The zero-order chi connectivity index (χ0) is 29.9. The number of anilines is 2. The van der Waals surface area contributed by atoms with Gasteiger partial charge in [0, 0.05) is 28.7 Å². The lowest BCUT2D eigenvalue weighted by molar-refractivity contribution is -0.348. The summed E-state index contributed by atoms with van der Waals surface area (Å²) in [6.45, 7) is 1.07. The van der Waals surface area contributed by atoms with E-state index < -0.39 is 41.4 Å². The normalized spacial score (nSPS) is 11.9. The van der Waals surface area contributed by atoms with Crippen LogP contribution in [0.5, 0.6) is 0 Å². The fourth-order valence-corrected chi connectivity index (χ4v) is 3.54. The van der Waals surface area contributed by atoms with Gasteiger partial charge in [-0.25, -0.2) is 14.2 Å². The molecule has 4 N–H and O–H groups in total. The number of aryl methyl sites for hydroxylation is 1. The van der Waals surface area contributed by atoms with Crippen LogP contribution in [0.4, 0.5) is 46.9 Å². The third-order valence-electron chi connectivity index (χ3n) is 5.33. The highest BCUT2D eigenvalue weighted by Crippen LogP contribution is 2.53. The summed E-state index contributed by atoms with van der Waals surface area (Å²) in [7, 11) is 0. The monoisotopic (exact) mass is 591 g/mol. The molecule has 0 bridgehead atoms. The van der Waals surface area contributed by atoms with Gasteiger partial charge in [-0.15, -0.1) is 0 Å². The molecule has 40 heavy (non-hydrogen) atoms. The lowest BCUT2D eigenvalue weighted by Gasteiger charge is -2.30. The summed E-state index contributed by atoms with van der Waals surface area (Å²) >= 11 is 5.81. The van der Waals surface area contributed by atoms with E-state index in [0.717, 1.165) is 6.92 Å². The van der Waals surface area contributed by atoms with E-state index >= 15 is 0 Å². The lowest BCUT2D eigenvalue weighted by Crippen LogP contribution is -2.50. The van der Waals surface area contributed by atoms with Crippen LogP contribution < -0.4 is 21.5 Å². The van der Waals surface area contributed by atoms with Crippen molar-refractivity contribution >= 4 is 40.8 Å². The molecule has 0 fully saturated rings. The number of halogens is 8. The molecule has 3 aromatic rings. The summed E-state index contributed by atoms with van der Waals surface area (Å²) in [5, 5.41) is 4.45. The van der Waals surface area contributed by atoms with Gasteiger partial charge in [0.05, 0.1) is 5.56 Å². The van der Waals surface area contributed by atoms with E-state index in [-0.39, 0.29) is 39.3 Å². The molecule has 0 unspecified atom stereocenters. The number of carbonyl (C=O) groups is 3. The zero-order valence-electron chi connectivity index (χ0n) is 20.0. The zero-order valence-corrected chi connectivity index (χ0v) is 20.7. The Morgan fingerprint density at radius 2 is 1.45 bits per heavy atom. The number of amides is 4. The van der Waals surface area contributed by atoms with E-state index in [4.69, 9.17) is 11.6 Å². The number of pyridine rings is 1. The van der Waals surface area contributed by atoms with Gasteiger partial charge >= 0.3 is 24.1 Å². The van der Waals surface area contributed by atoms with Crippen LogP contribution in [0, 0.1) is 6.92 Å². The minimum absolute atomic E-state index is 0.00565. The molecule has 8 nitrogen and oxygen atoms in total. The maximum Gasteiger partial charge on any atom is 0.435 e. The van der Waals surface area contributed by atoms with Crippen molar-refractivity contribution in [3.8, 4) is 0 Å². The first-order valence-electron chi connectivity index (χ1n) is 10.9. The Bertz CT molecular complexity index is 1430. The van der Waals surface area contributed by atoms with Crippen LogP contribution in [0.25, 0.3) is 0 Å². The molecule has 0 saturated carbocycles. The Labute approximate surface area is 225 Å². The summed E-state index contributed by atoms with van der Waals surface area (Å²) < 4.78 is 92.4. The molecular weight excluding hydrogens is 575 g/mol. The number of hydrogen-bond acceptors (Lipinski definition) is 4. The summed E-state index contributed by atoms with van der Waals surface area (Å²) in [6.07, 6.45) is -11.2. The highest BCUT2D eigenvalue weighted by atomic mass is 35.5. The van der Waals surface area contributed by atoms with Gasteiger partial charge in [-0.05, 0) is 48.9 Å². The van der Waals surface area contributed by atoms with Crippen molar-refractivity contribution in [2.75, 3.05) is 10.6 Å². The van der Waals surface area contributed by atoms with Crippen LogP contribution in [0.3, 0.4) is 0 Å². The maximum absolute atomic E-state index is 14.3. The SMILES string of the molecule is Cc1cc(C(F)(C(F)(F)F)C(F)(F)F)ccc1NC(=O)Nc1cccc(C(=O)NNC(=O)c2cccnc2Cl)c1. The van der Waals surface area contributed by atoms with Gasteiger partial charge in [0.15, 0.2) is 0 Å². The molecule has 16 heteroatoms. The van der Waals surface area contributed by atoms with Crippen molar-refractivity contribution in [2.45, 2.75) is 24.9 Å². The molecule has 0 spiro atoms. The van der Waals surface area contributed by atoms with Crippen molar-refractivity contribution in [1.82, 2.24) is 15.8 Å². The maximum atomic E-state index is 14.3. The Morgan fingerprint density at radius 3 is 2.05 bits per heavy atom. The number of rotatable bonds is 5. The van der Waals surface area contributed by atoms with E-state index in [9.17, 15) is 45.1 Å². The van der Waals surface area contributed by atoms with Gasteiger partial charge in [0.1, 0.15) is 5.15 Å². The van der Waals surface area contributed by atoms with Gasteiger partial charge in [0.25, 0.3) is 11.8 Å². The molecular formula is C24H17ClF7N5O3. The molecule has 0 aliphatic heterocycles. The first-order valence-corrected chi connectivity index (χ1v) is 11.2. The second-order valence-corrected chi connectivity index (χ2v) is 8.45. The average molecular weight is 592 g/mol. The Hall–Kier alpha value is -4.40. The molecule has 2 aromatic carbocycles. The number of carbonyl (C=O) groups excluding carboxylic acids is 3. The minimum Gasteiger partial charge on any atom is -0.308 e. The van der Waals surface area contributed by atoms with Crippen molar-refractivity contribution in [1.29, 1.82) is 0 Å². The third kappa shape index (κ3) is 6.42. The van der Waals surface area contributed by atoms with E-state index in [0.29, 0.717) is 12.1 Å². The van der Waals surface area contributed by atoms with E-state index in [1.165, 1.54) is 42.6 Å². The largest absolute Gasteiger partial charge is 0.435 e. The Balaban J connectivity index is 1.67. The Morgan fingerprint density at radius 1 is 0.800 bits per heavy atom. The molecule has 3 rings (SSSR count). The van der Waals surface area contributed by atoms with Crippen molar-refractivity contribution < 1.29 is 45.1 Å². The fraction of sp³-hybridized carbons (Fsp3) is 0.167. The molecule has 4 amide bonds. The molecule has 0 radical (unpaired) electrons. The number of benzene rings is 2. The van der Waals surface area contributed by atoms with Crippen LogP contribution in [0.15, 0.2) is 60.8 Å². The van der Waals surface area contributed by atoms with Crippen molar-refractivity contribution in [2.24, 2.45) is 0 Å². The molecule has 1 aromatic heterocycles. The fourth-order valence-electron chi connectivity index (χ4n) is 3.34. The van der Waals surface area contributed by atoms with Crippen LogP contribution in [0.2, 0.25) is 5.15 Å². The first kappa shape index (κ1) is 30.1. The van der Waals surface area contributed by atoms with Gasteiger partial charge in [-0.3, -0.25) is 20.4 Å². The minimum atomic E-state index is -6.28. The number of nitrogens with zero attached hydrogens (tertiary/aromatic N) is 1. The van der Waals surface area contributed by atoms with Crippen LogP contribution in [-0.4, -0.2) is 35.2 Å². The first-order chi connectivity index (χ1) is 18.5. The van der Waals surface area contributed by atoms with Crippen molar-refractivity contribution in [3.63, 3.8) is 0 Å². The van der Waals surface area contributed by atoms with E-state index in [2.05, 4.69) is 26.5 Å². The average Bonchev–Trinajstić information content (AvgIpc) is 2.86. The molecule has 0 aliphatic rings. The molecule has 1 heterocycles. The topological polar surface area (TPSA) is 112 Å². The number of aromatic nitrogens is 1. The van der Waals surface area contributed by atoms with Gasteiger partial charge in [0.2, 0.25) is 0 Å². The summed E-state index contributed by atoms with van der Waals surface area (Å²) in [6, 6.07) is 8.42. The summed E-state index contributed by atoms with van der Waals surface area (Å²) in [5.41, 5.74) is -3.50. The van der Waals surface area contributed by atoms with Gasteiger partial charge < -0.3 is 10.6 Å². The Kier molecular flexibility index (Phi) is 8.57. The molecule has 212 valence electrons. The second-order valence-electron chi connectivity index (χ2n) is 8.09. The quantitative estimate of drug-likeness (QED) is 0.164. The summed E-state index contributed by atoms with van der Waals surface area (Å²) in [4.78, 5) is 40.7. The van der Waals surface area contributed by atoms with E-state index in [1.807, 2.05) is 0 Å². The third-order valence-corrected chi connectivity index (χ3v) is 5.63. The van der Waals surface area contributed by atoms with Crippen LogP contribution in [0.1, 0.15) is 31.8 Å². The van der Waals surface area contributed by atoms with Gasteiger partial charge in [-0.1, -0.05) is 29.8 Å².